The van der Waals surface area contributed by atoms with Crippen LogP contribution in [0, 0.1) is 0 Å². The summed E-state index contributed by atoms with van der Waals surface area (Å²) in [5.41, 5.74) is 1.06. The van der Waals surface area contributed by atoms with Gasteiger partial charge in [-0.15, -0.1) is 0 Å². The molecule has 1 aromatic rings. The van der Waals surface area contributed by atoms with Gasteiger partial charge in [0.05, 0.1) is 19.3 Å². The van der Waals surface area contributed by atoms with E-state index in [0.717, 1.165) is 17.7 Å². The lowest BCUT2D eigenvalue weighted by atomic mass is 9.97. The molecule has 0 spiro atoms. The number of carbonyl (C=O) groups is 1. The monoisotopic (exact) mass is 247 g/mol. The number of fused-ring (bicyclic) bond motifs is 3. The Hall–Kier alpha value is -1.55. The lowest BCUT2D eigenvalue weighted by Crippen LogP contribution is -2.49. The number of benzene rings is 1. The van der Waals surface area contributed by atoms with Crippen LogP contribution in [-0.4, -0.2) is 36.6 Å². The Kier molecular flexibility index (Phi) is 2.96. The molecule has 1 saturated heterocycles. The van der Waals surface area contributed by atoms with E-state index in [9.17, 15) is 4.79 Å². The molecule has 0 saturated carbocycles. The summed E-state index contributed by atoms with van der Waals surface area (Å²) in [5.74, 6) is 1.00. The van der Waals surface area contributed by atoms with Crippen molar-refractivity contribution < 1.29 is 14.3 Å². The van der Waals surface area contributed by atoms with E-state index < -0.39 is 0 Å². The Bertz CT molecular complexity index is 460. The number of carbonyl (C=O) groups excluding carboxylic acids is 1. The molecule has 0 unspecified atom stereocenters. The summed E-state index contributed by atoms with van der Waals surface area (Å²) in [5, 5.41) is 0. The highest BCUT2D eigenvalue weighted by Crippen LogP contribution is 2.38. The normalized spacial score (nSPS) is 26.6. The van der Waals surface area contributed by atoms with Crippen LogP contribution in [-0.2, 0) is 9.53 Å². The van der Waals surface area contributed by atoms with E-state index in [0.29, 0.717) is 19.8 Å². The molecule has 18 heavy (non-hydrogen) atoms. The summed E-state index contributed by atoms with van der Waals surface area (Å²) in [6.45, 7) is 3.53. The van der Waals surface area contributed by atoms with Crippen LogP contribution in [0.5, 0.6) is 5.75 Å². The molecule has 1 amide bonds. The van der Waals surface area contributed by atoms with Gasteiger partial charge >= 0.3 is 0 Å². The summed E-state index contributed by atoms with van der Waals surface area (Å²) >= 11 is 0. The topological polar surface area (TPSA) is 38.8 Å². The van der Waals surface area contributed by atoms with Crippen molar-refractivity contribution in [1.82, 2.24) is 4.90 Å². The van der Waals surface area contributed by atoms with Gasteiger partial charge in [-0.25, -0.2) is 0 Å². The smallest absolute Gasteiger partial charge is 0.219 e. The van der Waals surface area contributed by atoms with Crippen LogP contribution < -0.4 is 4.74 Å². The Labute approximate surface area is 106 Å². The first-order valence-electron chi connectivity index (χ1n) is 6.38. The average Bonchev–Trinajstić information content (AvgIpc) is 2.57. The SMILES string of the molecule is CC(=O)N1CCO[C@@H]2c3ccccc3OCC[C@H]21. The molecule has 0 N–H and O–H groups in total. The van der Waals surface area contributed by atoms with E-state index >= 15 is 0 Å². The first kappa shape index (κ1) is 11.5. The molecule has 1 aromatic carbocycles. The summed E-state index contributed by atoms with van der Waals surface area (Å²) in [7, 11) is 0. The largest absolute Gasteiger partial charge is 0.493 e. The van der Waals surface area contributed by atoms with Crippen LogP contribution in [0.15, 0.2) is 24.3 Å². The van der Waals surface area contributed by atoms with Gasteiger partial charge < -0.3 is 14.4 Å². The van der Waals surface area contributed by atoms with Gasteiger partial charge in [0, 0.05) is 25.5 Å². The van der Waals surface area contributed by atoms with Crippen molar-refractivity contribution in [1.29, 1.82) is 0 Å². The Morgan fingerprint density at radius 3 is 3.00 bits per heavy atom. The summed E-state index contributed by atoms with van der Waals surface area (Å²) in [6.07, 6.45) is 0.764. The number of amides is 1. The number of para-hydroxylation sites is 1. The van der Waals surface area contributed by atoms with Crippen LogP contribution in [0.4, 0.5) is 0 Å². The van der Waals surface area contributed by atoms with E-state index in [-0.39, 0.29) is 18.1 Å². The molecular formula is C14H17NO3. The van der Waals surface area contributed by atoms with Crippen LogP contribution in [0.1, 0.15) is 25.0 Å². The number of morpholine rings is 1. The standard InChI is InChI=1S/C14H17NO3/c1-10(16)15-7-9-18-14-11-4-2-3-5-13(11)17-8-6-12(14)15/h2-5,12,14H,6-9H2,1H3/t12-,14-/m1/s1. The van der Waals surface area contributed by atoms with Gasteiger partial charge in [-0.2, -0.15) is 0 Å². The second-order valence-corrected chi connectivity index (χ2v) is 4.75. The first-order chi connectivity index (χ1) is 8.77. The maximum Gasteiger partial charge on any atom is 0.219 e. The van der Waals surface area contributed by atoms with Crippen LogP contribution in [0.3, 0.4) is 0 Å². The predicted molar refractivity (Wildman–Crippen MR) is 66.4 cm³/mol. The van der Waals surface area contributed by atoms with Crippen molar-refractivity contribution in [3.05, 3.63) is 29.8 Å². The molecule has 0 aliphatic carbocycles. The predicted octanol–water partition coefficient (Wildman–Crippen LogP) is 1.76. The van der Waals surface area contributed by atoms with Crippen molar-refractivity contribution in [2.75, 3.05) is 19.8 Å². The van der Waals surface area contributed by atoms with E-state index in [1.165, 1.54) is 0 Å². The second kappa shape index (κ2) is 4.61. The van der Waals surface area contributed by atoms with Crippen molar-refractivity contribution in [3.8, 4) is 5.75 Å². The summed E-state index contributed by atoms with van der Waals surface area (Å²) in [6, 6.07) is 8.04. The van der Waals surface area contributed by atoms with Gasteiger partial charge in [-0.3, -0.25) is 4.79 Å². The van der Waals surface area contributed by atoms with Crippen molar-refractivity contribution in [2.45, 2.75) is 25.5 Å². The van der Waals surface area contributed by atoms with Crippen molar-refractivity contribution in [2.24, 2.45) is 0 Å². The Balaban J connectivity index is 1.98. The first-order valence-corrected chi connectivity index (χ1v) is 6.38. The van der Waals surface area contributed by atoms with E-state index in [1.807, 2.05) is 29.2 Å². The highest BCUT2D eigenvalue weighted by atomic mass is 16.5. The molecule has 96 valence electrons. The molecule has 2 aliphatic rings. The molecule has 2 aliphatic heterocycles. The van der Waals surface area contributed by atoms with Gasteiger partial charge in [-0.05, 0) is 6.07 Å². The van der Waals surface area contributed by atoms with Crippen molar-refractivity contribution in [3.63, 3.8) is 0 Å². The number of hydrogen-bond donors (Lipinski definition) is 0. The van der Waals surface area contributed by atoms with E-state index in [4.69, 9.17) is 9.47 Å². The number of rotatable bonds is 0. The average molecular weight is 247 g/mol. The third-order valence-corrected chi connectivity index (χ3v) is 3.68. The van der Waals surface area contributed by atoms with Gasteiger partial charge in [0.25, 0.3) is 0 Å². The van der Waals surface area contributed by atoms with E-state index in [1.54, 1.807) is 6.92 Å². The van der Waals surface area contributed by atoms with Gasteiger partial charge in [-0.1, -0.05) is 18.2 Å². The third-order valence-electron chi connectivity index (χ3n) is 3.68. The highest BCUT2D eigenvalue weighted by molar-refractivity contribution is 5.74. The number of nitrogens with zero attached hydrogens (tertiary/aromatic N) is 1. The third kappa shape index (κ3) is 1.86. The zero-order chi connectivity index (χ0) is 12.5. The lowest BCUT2D eigenvalue weighted by molar-refractivity contribution is -0.144. The van der Waals surface area contributed by atoms with Gasteiger partial charge in [0.2, 0.25) is 5.91 Å². The molecule has 2 heterocycles. The highest BCUT2D eigenvalue weighted by Gasteiger charge is 2.37. The molecule has 0 bridgehead atoms. The lowest BCUT2D eigenvalue weighted by Gasteiger charge is -2.39. The fraction of sp³-hybridized carbons (Fsp3) is 0.500. The fourth-order valence-electron chi connectivity index (χ4n) is 2.85. The van der Waals surface area contributed by atoms with Crippen LogP contribution in [0.25, 0.3) is 0 Å². The van der Waals surface area contributed by atoms with Gasteiger partial charge in [0.1, 0.15) is 11.9 Å². The quantitative estimate of drug-likeness (QED) is 0.701. The number of ether oxygens (including phenoxy) is 2. The molecular weight excluding hydrogens is 230 g/mol. The molecule has 4 nitrogen and oxygen atoms in total. The summed E-state index contributed by atoms with van der Waals surface area (Å²) in [4.78, 5) is 13.6. The summed E-state index contributed by atoms with van der Waals surface area (Å²) < 4.78 is 11.6. The zero-order valence-electron chi connectivity index (χ0n) is 10.5. The molecule has 4 heteroatoms. The molecule has 3 rings (SSSR count). The van der Waals surface area contributed by atoms with Crippen LogP contribution >= 0.6 is 0 Å². The maximum absolute atomic E-state index is 11.7. The van der Waals surface area contributed by atoms with Crippen molar-refractivity contribution >= 4 is 5.91 Å². The van der Waals surface area contributed by atoms with E-state index in [2.05, 4.69) is 0 Å². The number of hydrogen-bond acceptors (Lipinski definition) is 3. The minimum atomic E-state index is -0.0543. The molecule has 2 atom stereocenters. The fourth-order valence-corrected chi connectivity index (χ4v) is 2.85. The minimum absolute atomic E-state index is 0.0543. The molecule has 1 fully saturated rings. The zero-order valence-corrected chi connectivity index (χ0v) is 10.5. The molecule has 0 aromatic heterocycles. The van der Waals surface area contributed by atoms with Crippen LogP contribution in [0.2, 0.25) is 0 Å². The van der Waals surface area contributed by atoms with Gasteiger partial charge in [0.15, 0.2) is 0 Å². The maximum atomic E-state index is 11.7. The Morgan fingerprint density at radius 2 is 2.17 bits per heavy atom. The molecule has 0 radical (unpaired) electrons. The minimum Gasteiger partial charge on any atom is -0.493 e. The second-order valence-electron chi connectivity index (χ2n) is 4.75. The Morgan fingerprint density at radius 1 is 1.33 bits per heavy atom.